The van der Waals surface area contributed by atoms with Gasteiger partial charge in [0.25, 0.3) is 0 Å². The number of nitrogen functional groups attached to an aromatic ring is 1. The van der Waals surface area contributed by atoms with Gasteiger partial charge in [0.1, 0.15) is 4.90 Å². The van der Waals surface area contributed by atoms with E-state index in [1.54, 1.807) is 0 Å². The number of anilines is 1. The lowest BCUT2D eigenvalue weighted by atomic mass is 9.85. The molecule has 0 unspecified atom stereocenters. The van der Waals surface area contributed by atoms with Crippen LogP contribution in [0.25, 0.3) is 0 Å². The molecule has 118 valence electrons. The minimum Gasteiger partial charge on any atom is -0.399 e. The van der Waals surface area contributed by atoms with Gasteiger partial charge in [-0.15, -0.1) is 0 Å². The maximum absolute atomic E-state index is 13.9. The molecule has 0 saturated heterocycles. The van der Waals surface area contributed by atoms with Crippen LogP contribution in [0.3, 0.4) is 0 Å². The van der Waals surface area contributed by atoms with Crippen LogP contribution in [-0.4, -0.2) is 14.5 Å². The molecule has 1 aliphatic carbocycles. The van der Waals surface area contributed by atoms with E-state index in [0.29, 0.717) is 5.92 Å². The fourth-order valence-corrected chi connectivity index (χ4v) is 4.47. The Morgan fingerprint density at radius 2 is 1.95 bits per heavy atom. The number of sulfonamides is 1. The van der Waals surface area contributed by atoms with Gasteiger partial charge in [-0.05, 0) is 43.7 Å². The van der Waals surface area contributed by atoms with Crippen LogP contribution >= 0.6 is 11.6 Å². The highest BCUT2D eigenvalue weighted by atomic mass is 35.5. The topological polar surface area (TPSA) is 72.2 Å². The summed E-state index contributed by atoms with van der Waals surface area (Å²) in [5, 5.41) is -0.287. The van der Waals surface area contributed by atoms with Gasteiger partial charge in [0, 0.05) is 11.7 Å². The van der Waals surface area contributed by atoms with E-state index in [1.165, 1.54) is 6.07 Å². The monoisotopic (exact) mass is 334 g/mol. The van der Waals surface area contributed by atoms with E-state index in [-0.39, 0.29) is 16.8 Å². The molecule has 0 aromatic heterocycles. The van der Waals surface area contributed by atoms with E-state index < -0.39 is 20.7 Å². The number of nitrogens with one attached hydrogen (secondary N) is 1. The Labute approximate surface area is 129 Å². The molecule has 4 nitrogen and oxygen atoms in total. The smallest absolute Gasteiger partial charge is 0.243 e. The van der Waals surface area contributed by atoms with Gasteiger partial charge in [-0.25, -0.2) is 17.5 Å². The fourth-order valence-electron chi connectivity index (χ4n) is 2.75. The third-order valence-electron chi connectivity index (χ3n) is 4.05. The molecule has 0 aliphatic heterocycles. The maximum Gasteiger partial charge on any atom is 0.243 e. The summed E-state index contributed by atoms with van der Waals surface area (Å²) in [4.78, 5) is -0.481. The van der Waals surface area contributed by atoms with Gasteiger partial charge in [-0.3, -0.25) is 0 Å². The maximum atomic E-state index is 13.9. The van der Waals surface area contributed by atoms with Crippen molar-refractivity contribution in [2.45, 2.75) is 50.0 Å². The SMILES string of the molecule is CCC1CCC(NS(=O)(=O)c2cc(N)cc(Cl)c2F)CC1. The quantitative estimate of drug-likeness (QED) is 0.830. The summed E-state index contributed by atoms with van der Waals surface area (Å²) in [5.41, 5.74) is 5.67. The number of halogens is 2. The number of hydrogen-bond acceptors (Lipinski definition) is 3. The minimum absolute atomic E-state index is 0.122. The third kappa shape index (κ3) is 3.87. The van der Waals surface area contributed by atoms with Crippen molar-refractivity contribution in [1.82, 2.24) is 4.72 Å². The Morgan fingerprint density at radius 1 is 1.33 bits per heavy atom. The molecule has 3 N–H and O–H groups in total. The summed E-state index contributed by atoms with van der Waals surface area (Å²) in [6.45, 7) is 2.14. The van der Waals surface area contributed by atoms with Crippen molar-refractivity contribution in [3.8, 4) is 0 Å². The lowest BCUT2D eigenvalue weighted by Crippen LogP contribution is -2.38. The van der Waals surface area contributed by atoms with Crippen LogP contribution < -0.4 is 10.5 Å². The largest absolute Gasteiger partial charge is 0.399 e. The van der Waals surface area contributed by atoms with Crippen LogP contribution in [0.5, 0.6) is 0 Å². The van der Waals surface area contributed by atoms with Gasteiger partial charge < -0.3 is 5.73 Å². The molecule has 0 radical (unpaired) electrons. The normalized spacial score (nSPS) is 23.2. The molecule has 7 heteroatoms. The van der Waals surface area contributed by atoms with Crippen molar-refractivity contribution in [3.63, 3.8) is 0 Å². The zero-order valence-electron chi connectivity index (χ0n) is 11.9. The van der Waals surface area contributed by atoms with E-state index in [1.807, 2.05) is 0 Å². The number of hydrogen-bond donors (Lipinski definition) is 2. The molecule has 0 amide bonds. The second-order valence-corrected chi connectivity index (χ2v) is 7.65. The summed E-state index contributed by atoms with van der Waals surface area (Å²) in [6, 6.07) is 2.14. The second-order valence-electron chi connectivity index (χ2n) is 5.56. The second kappa shape index (κ2) is 6.50. The zero-order chi connectivity index (χ0) is 15.6. The first-order chi connectivity index (χ1) is 9.83. The molecule has 21 heavy (non-hydrogen) atoms. The molecule has 1 fully saturated rings. The predicted molar refractivity (Wildman–Crippen MR) is 82.2 cm³/mol. The Balaban J connectivity index is 2.16. The average Bonchev–Trinajstić information content (AvgIpc) is 2.43. The Morgan fingerprint density at radius 3 is 2.52 bits per heavy atom. The Kier molecular flexibility index (Phi) is 5.11. The molecule has 1 saturated carbocycles. The lowest BCUT2D eigenvalue weighted by Gasteiger charge is -2.28. The average molecular weight is 335 g/mol. The third-order valence-corrected chi connectivity index (χ3v) is 5.85. The first kappa shape index (κ1) is 16.5. The number of rotatable bonds is 4. The van der Waals surface area contributed by atoms with Gasteiger partial charge in [-0.2, -0.15) is 0 Å². The number of benzene rings is 1. The van der Waals surface area contributed by atoms with Crippen molar-refractivity contribution >= 4 is 27.3 Å². The molecule has 0 spiro atoms. The van der Waals surface area contributed by atoms with Gasteiger partial charge in [0.15, 0.2) is 5.82 Å². The first-order valence-electron chi connectivity index (χ1n) is 7.10. The Hall–Kier alpha value is -0.850. The highest BCUT2D eigenvalue weighted by molar-refractivity contribution is 7.89. The zero-order valence-corrected chi connectivity index (χ0v) is 13.5. The molecule has 0 bridgehead atoms. The van der Waals surface area contributed by atoms with Gasteiger partial charge in [0.05, 0.1) is 5.02 Å². The van der Waals surface area contributed by atoms with Gasteiger partial charge in [-0.1, -0.05) is 24.9 Å². The standard InChI is InChI=1S/C14H20ClFN2O2S/c1-2-9-3-5-11(6-4-9)18-21(19,20)13-8-10(17)7-12(15)14(13)16/h7-9,11,18H,2-6,17H2,1H3. The molecular formula is C14H20ClFN2O2S. The van der Waals surface area contributed by atoms with Crippen LogP contribution in [0, 0.1) is 11.7 Å². The molecule has 0 atom stereocenters. The van der Waals surface area contributed by atoms with E-state index in [2.05, 4.69) is 11.6 Å². The molecule has 1 aliphatic rings. The van der Waals surface area contributed by atoms with Crippen LogP contribution in [0.2, 0.25) is 5.02 Å². The van der Waals surface area contributed by atoms with Crippen LogP contribution in [-0.2, 0) is 10.0 Å². The summed E-state index contributed by atoms with van der Waals surface area (Å²) >= 11 is 5.66. The first-order valence-corrected chi connectivity index (χ1v) is 8.96. The van der Waals surface area contributed by atoms with Gasteiger partial charge in [0.2, 0.25) is 10.0 Å². The molecule has 1 aromatic rings. The molecule has 1 aromatic carbocycles. The summed E-state index contributed by atoms with van der Waals surface area (Å²) in [6.07, 6.45) is 4.64. The van der Waals surface area contributed by atoms with Crippen molar-refractivity contribution in [2.75, 3.05) is 5.73 Å². The summed E-state index contributed by atoms with van der Waals surface area (Å²) in [7, 11) is -3.95. The van der Waals surface area contributed by atoms with E-state index in [4.69, 9.17) is 17.3 Å². The van der Waals surface area contributed by atoms with Crippen molar-refractivity contribution < 1.29 is 12.8 Å². The van der Waals surface area contributed by atoms with Crippen molar-refractivity contribution in [1.29, 1.82) is 0 Å². The number of nitrogens with two attached hydrogens (primary N) is 1. The molecule has 2 rings (SSSR count). The van der Waals surface area contributed by atoms with Crippen molar-refractivity contribution in [3.05, 3.63) is 23.0 Å². The summed E-state index contributed by atoms with van der Waals surface area (Å²) in [5.74, 6) is -0.301. The Bertz CT molecular complexity index is 614. The fraction of sp³-hybridized carbons (Fsp3) is 0.571. The van der Waals surface area contributed by atoms with Crippen molar-refractivity contribution in [2.24, 2.45) is 5.92 Å². The molecular weight excluding hydrogens is 315 g/mol. The summed E-state index contributed by atoms with van der Waals surface area (Å²) < 4.78 is 41.1. The highest BCUT2D eigenvalue weighted by Crippen LogP contribution is 2.29. The van der Waals surface area contributed by atoms with Crippen LogP contribution in [0.4, 0.5) is 10.1 Å². The molecule has 0 heterocycles. The van der Waals surface area contributed by atoms with Crippen LogP contribution in [0.1, 0.15) is 39.0 Å². The van der Waals surface area contributed by atoms with Gasteiger partial charge >= 0.3 is 0 Å². The predicted octanol–water partition coefficient (Wildman–Crippen LogP) is 3.31. The van der Waals surface area contributed by atoms with E-state index in [0.717, 1.165) is 38.2 Å². The van der Waals surface area contributed by atoms with E-state index in [9.17, 15) is 12.8 Å². The highest BCUT2D eigenvalue weighted by Gasteiger charge is 2.27. The van der Waals surface area contributed by atoms with E-state index >= 15 is 0 Å². The minimum atomic E-state index is -3.95. The van der Waals surface area contributed by atoms with Crippen LogP contribution in [0.15, 0.2) is 17.0 Å². The lowest BCUT2D eigenvalue weighted by molar-refractivity contribution is 0.306.